The summed E-state index contributed by atoms with van der Waals surface area (Å²) in [6.45, 7) is 5.68. The van der Waals surface area contributed by atoms with Gasteiger partial charge in [-0.05, 0) is 107 Å². The molecule has 1 saturated heterocycles. The van der Waals surface area contributed by atoms with Gasteiger partial charge in [-0.25, -0.2) is 25.3 Å². The van der Waals surface area contributed by atoms with Gasteiger partial charge in [0.05, 0.1) is 14.7 Å². The van der Waals surface area contributed by atoms with Crippen molar-refractivity contribution in [1.82, 2.24) is 0 Å². The Balaban J connectivity index is 1.48. The summed E-state index contributed by atoms with van der Waals surface area (Å²) < 4.78 is 97.4. The summed E-state index contributed by atoms with van der Waals surface area (Å²) in [5.74, 6) is 0.718. The molecule has 0 radical (unpaired) electrons. The van der Waals surface area contributed by atoms with Crippen molar-refractivity contribution in [2.45, 2.75) is 52.5 Å². The second kappa shape index (κ2) is 15.1. The fraction of sp³-hybridized carbons (Fsp3) is 0.333. The minimum absolute atomic E-state index is 0.224. The maximum absolute atomic E-state index is 12.9. The smallest absolute Gasteiger partial charge is 0.318 e. The molecule has 4 rings (SSSR count). The Morgan fingerprint density at radius 2 is 0.667 bits per heavy atom. The van der Waals surface area contributed by atoms with Gasteiger partial charge in [-0.15, -0.1) is 0 Å². The molecule has 246 valence electrons. The molecule has 0 atom stereocenters. The van der Waals surface area contributed by atoms with Gasteiger partial charge < -0.3 is 12.3 Å². The second-order valence-electron chi connectivity index (χ2n) is 10.7. The van der Waals surface area contributed by atoms with Gasteiger partial charge in [0, 0.05) is 17.3 Å². The van der Waals surface area contributed by atoms with Crippen molar-refractivity contribution < 1.29 is 37.6 Å². The predicted octanol–water partition coefficient (Wildman–Crippen LogP) is 6.63. The predicted molar refractivity (Wildman–Crippen MR) is 191 cm³/mol. The molecule has 0 bridgehead atoms. The van der Waals surface area contributed by atoms with Gasteiger partial charge in [0.25, 0.3) is 0 Å². The first-order valence-electron chi connectivity index (χ1n) is 14.0. The molecular formula is C27H36O9S6Si3. The van der Waals surface area contributed by atoms with Gasteiger partial charge in [-0.2, -0.15) is 0 Å². The molecule has 0 aromatic heterocycles. The van der Waals surface area contributed by atoms with E-state index in [2.05, 4.69) is 0 Å². The van der Waals surface area contributed by atoms with E-state index in [4.69, 9.17) is 12.3 Å². The molecule has 1 fully saturated rings. The normalized spacial score (nSPS) is 24.3. The Labute approximate surface area is 280 Å². The van der Waals surface area contributed by atoms with Gasteiger partial charge in [-0.1, -0.05) is 54.6 Å². The number of benzene rings is 3. The molecule has 3 aromatic carbocycles. The van der Waals surface area contributed by atoms with Crippen LogP contribution in [0.5, 0.6) is 0 Å². The van der Waals surface area contributed by atoms with Crippen molar-refractivity contribution in [1.29, 1.82) is 0 Å². The lowest BCUT2D eigenvalue weighted by Crippen LogP contribution is -2.67. The van der Waals surface area contributed by atoms with Crippen LogP contribution in [0.15, 0.2) is 106 Å². The SMILES string of the molecule is C[Si]1(CCSS(=O)(=O)c2ccccc2)O[Si](C)(CCSS(=O)(=O)c2ccccc2)O[Si](C)(CCSS(=O)(=O)c2ccccc2)O1. The van der Waals surface area contributed by atoms with E-state index in [1.54, 1.807) is 91.0 Å². The highest BCUT2D eigenvalue weighted by Crippen LogP contribution is 2.40. The van der Waals surface area contributed by atoms with Crippen LogP contribution in [-0.2, 0) is 39.0 Å². The van der Waals surface area contributed by atoms with Gasteiger partial charge >= 0.3 is 25.7 Å². The highest BCUT2D eigenvalue weighted by molar-refractivity contribution is 8.72. The third-order valence-corrected chi connectivity index (χ3v) is 32.3. The Morgan fingerprint density at radius 1 is 0.444 bits per heavy atom. The maximum atomic E-state index is 12.9. The van der Waals surface area contributed by atoms with E-state index in [1.165, 1.54) is 0 Å². The molecule has 18 heteroatoms. The summed E-state index contributed by atoms with van der Waals surface area (Å²) >= 11 is 0. The summed E-state index contributed by atoms with van der Waals surface area (Å²) in [6, 6.07) is 25.7. The lowest BCUT2D eigenvalue weighted by Gasteiger charge is -2.50. The van der Waals surface area contributed by atoms with E-state index in [9.17, 15) is 25.3 Å². The Bertz CT molecular complexity index is 1530. The van der Waals surface area contributed by atoms with Gasteiger partial charge in [0.2, 0.25) is 26.6 Å². The molecule has 0 amide bonds. The van der Waals surface area contributed by atoms with Crippen molar-refractivity contribution in [3.05, 3.63) is 91.0 Å². The van der Waals surface area contributed by atoms with E-state index in [0.717, 1.165) is 32.4 Å². The quantitative estimate of drug-likeness (QED) is 0.121. The molecule has 1 aliphatic heterocycles. The first kappa shape index (κ1) is 36.9. The lowest BCUT2D eigenvalue weighted by atomic mass is 10.4. The fourth-order valence-electron chi connectivity index (χ4n) is 4.71. The van der Waals surface area contributed by atoms with E-state index in [1.807, 2.05) is 19.6 Å². The fourth-order valence-corrected chi connectivity index (χ4v) is 34.2. The second-order valence-corrected chi connectivity index (χ2v) is 33.6. The van der Waals surface area contributed by atoms with E-state index in [0.29, 0.717) is 18.1 Å². The van der Waals surface area contributed by atoms with Crippen LogP contribution in [0.4, 0.5) is 0 Å². The average molecular weight is 781 g/mol. The maximum Gasteiger partial charge on any atom is 0.318 e. The van der Waals surface area contributed by atoms with E-state index >= 15 is 0 Å². The van der Waals surface area contributed by atoms with Crippen molar-refractivity contribution in [3.8, 4) is 0 Å². The highest BCUT2D eigenvalue weighted by atomic mass is 33.1. The number of hydrogen-bond acceptors (Lipinski definition) is 12. The van der Waals surface area contributed by atoms with Crippen molar-refractivity contribution >= 4 is 84.7 Å². The minimum Gasteiger partial charge on any atom is -0.416 e. The molecule has 3 aromatic rings. The number of hydrogen-bond donors (Lipinski definition) is 0. The lowest BCUT2D eigenvalue weighted by molar-refractivity contribution is 0.225. The summed E-state index contributed by atoms with van der Waals surface area (Å²) in [6.07, 6.45) is 0. The third-order valence-electron chi connectivity index (χ3n) is 6.78. The molecule has 9 nitrogen and oxygen atoms in total. The zero-order chi connectivity index (χ0) is 32.8. The van der Waals surface area contributed by atoms with Crippen LogP contribution < -0.4 is 0 Å². The van der Waals surface area contributed by atoms with Gasteiger partial charge in [0.15, 0.2) is 0 Å². The molecule has 0 saturated carbocycles. The highest BCUT2D eigenvalue weighted by Gasteiger charge is 2.56. The van der Waals surface area contributed by atoms with Crippen LogP contribution in [0.2, 0.25) is 37.8 Å². The van der Waals surface area contributed by atoms with Crippen LogP contribution in [0.25, 0.3) is 0 Å². The van der Waals surface area contributed by atoms with Crippen molar-refractivity contribution in [2.24, 2.45) is 0 Å². The van der Waals surface area contributed by atoms with Crippen LogP contribution in [0, 0.1) is 0 Å². The van der Waals surface area contributed by atoms with Crippen molar-refractivity contribution in [2.75, 3.05) is 17.3 Å². The molecule has 1 heterocycles. The first-order chi connectivity index (χ1) is 21.1. The van der Waals surface area contributed by atoms with E-state index in [-0.39, 0.29) is 31.9 Å². The topological polar surface area (TPSA) is 130 Å². The Kier molecular flexibility index (Phi) is 12.4. The minimum atomic E-state index is -3.58. The molecule has 1 aliphatic rings. The Morgan fingerprint density at radius 3 is 0.889 bits per heavy atom. The summed E-state index contributed by atoms with van der Waals surface area (Å²) in [5.41, 5.74) is 0. The van der Waals surface area contributed by atoms with Crippen LogP contribution in [-0.4, -0.2) is 68.2 Å². The monoisotopic (exact) mass is 780 g/mol. The molecule has 0 spiro atoms. The van der Waals surface area contributed by atoms with Crippen LogP contribution in [0.3, 0.4) is 0 Å². The molecule has 0 aliphatic carbocycles. The summed E-state index contributed by atoms with van der Waals surface area (Å²) in [5, 5.41) is 0. The third kappa shape index (κ3) is 10.5. The average Bonchev–Trinajstić information content (AvgIpc) is 2.97. The first-order valence-corrected chi connectivity index (χ1v) is 30.5. The van der Waals surface area contributed by atoms with E-state index < -0.39 is 52.3 Å². The zero-order valence-corrected chi connectivity index (χ0v) is 32.9. The summed E-state index contributed by atoms with van der Waals surface area (Å²) in [4.78, 5) is 0.673. The van der Waals surface area contributed by atoms with Crippen LogP contribution in [0.1, 0.15) is 0 Å². The standard InChI is InChI=1S/C27H36O9S6Si3/c1-43(22-19-37-40(28,29)25-13-7-4-8-14-25)34-44(2,23-20-38-41(30,31)26-15-9-5-10-16-26)36-45(3,35-43)24-21-39-42(32,33)27-17-11-6-12-18-27/h4-18H,19-24H2,1-3H3. The van der Waals surface area contributed by atoms with Gasteiger partial charge in [-0.3, -0.25) is 0 Å². The van der Waals surface area contributed by atoms with Crippen molar-refractivity contribution in [3.63, 3.8) is 0 Å². The largest absolute Gasteiger partial charge is 0.416 e. The van der Waals surface area contributed by atoms with Gasteiger partial charge in [0.1, 0.15) is 0 Å². The molecular weight excluding hydrogens is 745 g/mol. The number of rotatable bonds is 15. The Hall–Kier alpha value is -0.909. The molecule has 0 N–H and O–H groups in total. The molecule has 45 heavy (non-hydrogen) atoms. The zero-order valence-electron chi connectivity index (χ0n) is 25.0. The summed E-state index contributed by atoms with van der Waals surface area (Å²) in [7, 11) is -17.3. The molecule has 0 unspecified atom stereocenters. The van der Waals surface area contributed by atoms with Crippen LogP contribution >= 0.6 is 32.4 Å².